The average Bonchev–Trinajstić information content (AvgIpc) is 3.14. The molecule has 1 aromatic rings. The van der Waals surface area contributed by atoms with E-state index >= 15 is 0 Å². The molecule has 0 saturated heterocycles. The molecular weight excluding hydrogens is 216 g/mol. The first-order valence-electron chi connectivity index (χ1n) is 6.11. The molecule has 1 aromatic heterocycles. The van der Waals surface area contributed by atoms with Gasteiger partial charge in [-0.3, -0.25) is 0 Å². The summed E-state index contributed by atoms with van der Waals surface area (Å²) in [5.74, 6) is 0.720. The van der Waals surface area contributed by atoms with Crippen LogP contribution >= 0.6 is 0 Å². The van der Waals surface area contributed by atoms with Gasteiger partial charge in [0.25, 0.3) is 0 Å². The fourth-order valence-corrected chi connectivity index (χ4v) is 1.65. The Morgan fingerprint density at radius 2 is 2.24 bits per heavy atom. The number of nitrogens with zero attached hydrogens (tertiary/aromatic N) is 1. The summed E-state index contributed by atoms with van der Waals surface area (Å²) in [6, 6.07) is 2.77. The van der Waals surface area contributed by atoms with Crippen LogP contribution in [0.3, 0.4) is 0 Å². The predicted molar refractivity (Wildman–Crippen MR) is 66.2 cm³/mol. The molecule has 0 unspecified atom stereocenters. The lowest BCUT2D eigenvalue weighted by atomic mass is 10.1. The Hall–Kier alpha value is -1.13. The lowest BCUT2D eigenvalue weighted by molar-refractivity contribution is 0.143. The fraction of sp³-hybridized carbons (Fsp3) is 0.615. The first-order chi connectivity index (χ1) is 8.31. The number of aromatic nitrogens is 1. The molecule has 1 fully saturated rings. The van der Waals surface area contributed by atoms with E-state index in [4.69, 9.17) is 9.47 Å². The zero-order chi connectivity index (χ0) is 12.1. The average molecular weight is 236 g/mol. The van der Waals surface area contributed by atoms with Crippen LogP contribution < -0.4 is 10.1 Å². The Morgan fingerprint density at radius 3 is 2.94 bits per heavy atom. The third-order valence-electron chi connectivity index (χ3n) is 2.95. The number of hydrogen-bond donors (Lipinski definition) is 1. The predicted octanol–water partition coefficient (Wildman–Crippen LogP) is 1.67. The van der Waals surface area contributed by atoms with Crippen molar-refractivity contribution in [3.63, 3.8) is 0 Å². The van der Waals surface area contributed by atoms with Gasteiger partial charge in [0, 0.05) is 31.5 Å². The van der Waals surface area contributed by atoms with Gasteiger partial charge in [-0.25, -0.2) is 4.98 Å². The number of methoxy groups -OCH3 is 1. The zero-order valence-electron chi connectivity index (χ0n) is 10.5. The van der Waals surface area contributed by atoms with Gasteiger partial charge in [-0.2, -0.15) is 0 Å². The minimum Gasteiger partial charge on any atom is -0.475 e. The van der Waals surface area contributed by atoms with Crippen molar-refractivity contribution in [2.45, 2.75) is 32.4 Å². The molecule has 0 aliphatic heterocycles. The van der Waals surface area contributed by atoms with E-state index in [0.29, 0.717) is 13.2 Å². The maximum absolute atomic E-state index is 5.58. The van der Waals surface area contributed by atoms with Gasteiger partial charge >= 0.3 is 0 Å². The second-order valence-electron chi connectivity index (χ2n) is 4.40. The summed E-state index contributed by atoms with van der Waals surface area (Å²) in [5, 5.41) is 3.50. The number of ether oxygens (including phenoxy) is 2. The van der Waals surface area contributed by atoms with E-state index in [0.717, 1.165) is 24.0 Å². The normalized spacial score (nSPS) is 14.9. The van der Waals surface area contributed by atoms with Crippen molar-refractivity contribution in [2.24, 2.45) is 0 Å². The van der Waals surface area contributed by atoms with Crippen molar-refractivity contribution in [1.29, 1.82) is 0 Å². The minimum absolute atomic E-state index is 0.545. The van der Waals surface area contributed by atoms with E-state index in [-0.39, 0.29) is 0 Å². The smallest absolute Gasteiger partial charge is 0.216 e. The van der Waals surface area contributed by atoms with Crippen molar-refractivity contribution in [1.82, 2.24) is 10.3 Å². The molecule has 1 aliphatic carbocycles. The Morgan fingerprint density at radius 1 is 1.41 bits per heavy atom. The van der Waals surface area contributed by atoms with Crippen LogP contribution in [0.4, 0.5) is 0 Å². The number of hydrogen-bond acceptors (Lipinski definition) is 4. The SMILES string of the molecule is COCCOc1nccc(CNC2CC2)c1C. The second-order valence-corrected chi connectivity index (χ2v) is 4.40. The molecule has 4 nitrogen and oxygen atoms in total. The molecule has 2 rings (SSSR count). The topological polar surface area (TPSA) is 43.4 Å². The Bertz CT molecular complexity index is 364. The molecule has 0 bridgehead atoms. The molecule has 0 spiro atoms. The van der Waals surface area contributed by atoms with Crippen molar-refractivity contribution in [2.75, 3.05) is 20.3 Å². The molecule has 1 heterocycles. The van der Waals surface area contributed by atoms with Crippen LogP contribution in [0.15, 0.2) is 12.3 Å². The first-order valence-corrected chi connectivity index (χ1v) is 6.11. The highest BCUT2D eigenvalue weighted by molar-refractivity contribution is 5.33. The molecule has 17 heavy (non-hydrogen) atoms. The standard InChI is InChI=1S/C13H20N2O2/c1-10-11(9-15-12-3-4-12)5-6-14-13(10)17-8-7-16-2/h5-6,12,15H,3-4,7-9H2,1-2H3. The third-order valence-corrected chi connectivity index (χ3v) is 2.95. The van der Waals surface area contributed by atoms with Crippen molar-refractivity contribution in [3.05, 3.63) is 23.4 Å². The van der Waals surface area contributed by atoms with Crippen LogP contribution in [0.25, 0.3) is 0 Å². The number of nitrogens with one attached hydrogen (secondary N) is 1. The maximum atomic E-state index is 5.58. The zero-order valence-corrected chi connectivity index (χ0v) is 10.5. The van der Waals surface area contributed by atoms with E-state index < -0.39 is 0 Å². The van der Waals surface area contributed by atoms with E-state index in [1.54, 1.807) is 13.3 Å². The Balaban J connectivity index is 1.93. The van der Waals surface area contributed by atoms with Crippen LogP contribution in [0, 0.1) is 6.92 Å². The van der Waals surface area contributed by atoms with E-state index in [1.807, 2.05) is 6.07 Å². The third kappa shape index (κ3) is 3.68. The van der Waals surface area contributed by atoms with Gasteiger partial charge < -0.3 is 14.8 Å². The monoisotopic (exact) mass is 236 g/mol. The summed E-state index contributed by atoms with van der Waals surface area (Å²) in [5.41, 5.74) is 2.39. The Kier molecular flexibility index (Phi) is 4.34. The first kappa shape index (κ1) is 12.3. The van der Waals surface area contributed by atoms with E-state index in [2.05, 4.69) is 17.2 Å². The van der Waals surface area contributed by atoms with Crippen LogP contribution in [0.1, 0.15) is 24.0 Å². The molecule has 94 valence electrons. The second kappa shape index (κ2) is 5.98. The van der Waals surface area contributed by atoms with Crippen molar-refractivity contribution < 1.29 is 9.47 Å². The van der Waals surface area contributed by atoms with Gasteiger partial charge in [0.05, 0.1) is 6.61 Å². The summed E-state index contributed by atoms with van der Waals surface area (Å²) in [6.07, 6.45) is 4.42. The van der Waals surface area contributed by atoms with Crippen LogP contribution in [0.5, 0.6) is 5.88 Å². The Labute approximate surface area is 102 Å². The fourth-order valence-electron chi connectivity index (χ4n) is 1.65. The summed E-state index contributed by atoms with van der Waals surface area (Å²) < 4.78 is 10.5. The van der Waals surface area contributed by atoms with Gasteiger partial charge in [0.1, 0.15) is 6.61 Å². The molecular formula is C13H20N2O2. The molecule has 0 atom stereocenters. The van der Waals surface area contributed by atoms with Crippen molar-refractivity contribution >= 4 is 0 Å². The molecule has 1 aliphatic rings. The molecule has 1 N–H and O–H groups in total. The summed E-state index contributed by atoms with van der Waals surface area (Å²) in [7, 11) is 1.67. The quantitative estimate of drug-likeness (QED) is 0.731. The minimum atomic E-state index is 0.545. The summed E-state index contributed by atoms with van der Waals surface area (Å²) in [6.45, 7) is 4.09. The highest BCUT2D eigenvalue weighted by atomic mass is 16.5. The van der Waals surface area contributed by atoms with E-state index in [9.17, 15) is 0 Å². The highest BCUT2D eigenvalue weighted by Gasteiger charge is 2.20. The molecule has 4 heteroatoms. The van der Waals surface area contributed by atoms with Gasteiger partial charge in [-0.15, -0.1) is 0 Å². The van der Waals surface area contributed by atoms with Gasteiger partial charge in [0.15, 0.2) is 0 Å². The van der Waals surface area contributed by atoms with Gasteiger partial charge in [-0.1, -0.05) is 0 Å². The largest absolute Gasteiger partial charge is 0.475 e. The van der Waals surface area contributed by atoms with Crippen LogP contribution in [-0.4, -0.2) is 31.3 Å². The molecule has 0 radical (unpaired) electrons. The van der Waals surface area contributed by atoms with Crippen LogP contribution in [-0.2, 0) is 11.3 Å². The number of rotatable bonds is 7. The lowest BCUT2D eigenvalue weighted by Gasteiger charge is -2.11. The van der Waals surface area contributed by atoms with Crippen molar-refractivity contribution in [3.8, 4) is 5.88 Å². The lowest BCUT2D eigenvalue weighted by Crippen LogP contribution is -2.16. The summed E-state index contributed by atoms with van der Waals surface area (Å²) in [4.78, 5) is 4.25. The number of pyridine rings is 1. The van der Waals surface area contributed by atoms with Crippen LogP contribution in [0.2, 0.25) is 0 Å². The highest BCUT2D eigenvalue weighted by Crippen LogP contribution is 2.22. The molecule has 0 aromatic carbocycles. The molecule has 0 amide bonds. The van der Waals surface area contributed by atoms with Gasteiger partial charge in [-0.05, 0) is 31.4 Å². The van der Waals surface area contributed by atoms with E-state index in [1.165, 1.54) is 18.4 Å². The summed E-state index contributed by atoms with van der Waals surface area (Å²) >= 11 is 0. The molecule has 1 saturated carbocycles. The van der Waals surface area contributed by atoms with Gasteiger partial charge in [0.2, 0.25) is 5.88 Å². The maximum Gasteiger partial charge on any atom is 0.216 e.